The maximum absolute atomic E-state index is 13.8. The van der Waals surface area contributed by atoms with Crippen molar-refractivity contribution in [3.8, 4) is 17.0 Å². The molecule has 6 nitrogen and oxygen atoms in total. The lowest BCUT2D eigenvalue weighted by Gasteiger charge is -2.21. The van der Waals surface area contributed by atoms with Gasteiger partial charge in [0.25, 0.3) is 5.91 Å². The highest BCUT2D eigenvalue weighted by molar-refractivity contribution is 7.20. The largest absolute Gasteiger partial charge is 0.480 e. The van der Waals surface area contributed by atoms with Gasteiger partial charge in [-0.1, -0.05) is 48.5 Å². The molecule has 0 aliphatic carbocycles. The molecule has 0 radical (unpaired) electrons. The lowest BCUT2D eigenvalue weighted by Crippen LogP contribution is -2.29. The topological polar surface area (TPSA) is 64.6 Å². The van der Waals surface area contributed by atoms with Gasteiger partial charge in [-0.3, -0.25) is 4.79 Å². The predicted octanol–water partition coefficient (Wildman–Crippen LogP) is 4.98. The van der Waals surface area contributed by atoms with Crippen molar-refractivity contribution in [2.75, 3.05) is 14.2 Å². The lowest BCUT2D eigenvalue weighted by molar-refractivity contribution is 0.0736. The fourth-order valence-corrected chi connectivity index (χ4v) is 5.44. The molecule has 1 aliphatic rings. The summed E-state index contributed by atoms with van der Waals surface area (Å²) >= 11 is 1.39. The van der Waals surface area contributed by atoms with Crippen molar-refractivity contribution in [3.05, 3.63) is 75.9 Å². The molecule has 2 aromatic heterocycles. The first kappa shape index (κ1) is 20.6. The van der Waals surface area contributed by atoms with Crippen LogP contribution in [0.2, 0.25) is 0 Å². The summed E-state index contributed by atoms with van der Waals surface area (Å²) in [5.74, 6) is 1.00. The average Bonchev–Trinajstić information content (AvgIpc) is 3.04. The Kier molecular flexibility index (Phi) is 5.36. The molecule has 0 N–H and O–H groups in total. The van der Waals surface area contributed by atoms with E-state index in [0.717, 1.165) is 26.9 Å². The third-order valence-electron chi connectivity index (χ3n) is 5.80. The minimum Gasteiger partial charge on any atom is -0.480 e. The zero-order valence-electron chi connectivity index (χ0n) is 18.2. The second-order valence-corrected chi connectivity index (χ2v) is 8.79. The second kappa shape index (κ2) is 8.33. The van der Waals surface area contributed by atoms with Crippen molar-refractivity contribution in [1.29, 1.82) is 0 Å². The minimum atomic E-state index is -0.00708. The van der Waals surface area contributed by atoms with E-state index in [0.29, 0.717) is 29.7 Å². The van der Waals surface area contributed by atoms with Gasteiger partial charge in [-0.25, -0.2) is 4.98 Å². The molecule has 7 heteroatoms. The normalized spacial score (nSPS) is 12.9. The van der Waals surface area contributed by atoms with Crippen LogP contribution in [0.15, 0.2) is 48.5 Å². The Morgan fingerprint density at radius 1 is 1.00 bits per heavy atom. The van der Waals surface area contributed by atoms with Crippen LogP contribution < -0.4 is 4.74 Å². The number of thiophene rings is 1. The Labute approximate surface area is 190 Å². The van der Waals surface area contributed by atoms with E-state index in [2.05, 4.69) is 34.2 Å². The molecule has 1 amide bonds. The molecule has 3 heterocycles. The van der Waals surface area contributed by atoms with E-state index in [1.807, 2.05) is 36.1 Å². The summed E-state index contributed by atoms with van der Waals surface area (Å²) in [5.41, 5.74) is 5.50. The summed E-state index contributed by atoms with van der Waals surface area (Å²) in [4.78, 5) is 26.2. The van der Waals surface area contributed by atoms with Crippen molar-refractivity contribution in [2.45, 2.75) is 26.6 Å². The van der Waals surface area contributed by atoms with Gasteiger partial charge in [-0.05, 0) is 34.7 Å². The summed E-state index contributed by atoms with van der Waals surface area (Å²) in [6, 6.07) is 16.6. The second-order valence-electron chi connectivity index (χ2n) is 7.79. The predicted molar refractivity (Wildman–Crippen MR) is 125 cm³/mol. The van der Waals surface area contributed by atoms with Crippen molar-refractivity contribution in [3.63, 3.8) is 0 Å². The maximum atomic E-state index is 13.8. The number of carbonyl (C=O) groups excluding carboxylic acids is 1. The quantitative estimate of drug-likeness (QED) is 0.443. The van der Waals surface area contributed by atoms with Crippen molar-refractivity contribution in [1.82, 2.24) is 14.9 Å². The van der Waals surface area contributed by atoms with E-state index >= 15 is 0 Å². The Hall–Kier alpha value is -3.29. The number of ether oxygens (including phenoxy) is 2. The molecular weight excluding hydrogens is 422 g/mol. The molecule has 0 atom stereocenters. The lowest BCUT2D eigenvalue weighted by atomic mass is 9.97. The number of hydrogen-bond donors (Lipinski definition) is 0. The van der Waals surface area contributed by atoms with E-state index < -0.39 is 0 Å². The van der Waals surface area contributed by atoms with Crippen LogP contribution >= 0.6 is 11.3 Å². The number of carbonyl (C=O) groups is 1. The van der Waals surface area contributed by atoms with Crippen LogP contribution in [0.4, 0.5) is 0 Å². The molecule has 4 aromatic rings. The molecule has 1 aliphatic heterocycles. The number of fused-ring (bicyclic) bond motifs is 4. The van der Waals surface area contributed by atoms with Gasteiger partial charge in [0.05, 0.1) is 17.4 Å². The van der Waals surface area contributed by atoms with Gasteiger partial charge in [-0.2, -0.15) is 4.98 Å². The van der Waals surface area contributed by atoms with Crippen LogP contribution in [0.25, 0.3) is 21.3 Å². The van der Waals surface area contributed by atoms with Gasteiger partial charge in [-0.15, -0.1) is 11.3 Å². The summed E-state index contributed by atoms with van der Waals surface area (Å²) in [7, 11) is 3.18. The Bertz CT molecular complexity index is 1280. The number of amides is 1. The van der Waals surface area contributed by atoms with Gasteiger partial charge in [0.2, 0.25) is 5.88 Å². The summed E-state index contributed by atoms with van der Waals surface area (Å²) in [6.45, 7) is 3.32. The van der Waals surface area contributed by atoms with Gasteiger partial charge < -0.3 is 14.4 Å². The molecule has 0 saturated heterocycles. The SMILES string of the molecule is COCc1nc(OC)c2c(C)c(C(=O)N3Cc4ccccc4-c4ccccc4C3)sc2n1. The van der Waals surface area contributed by atoms with Crippen LogP contribution in [-0.4, -0.2) is 35.0 Å². The number of nitrogens with zero attached hydrogens (tertiary/aromatic N) is 3. The van der Waals surface area contributed by atoms with Crippen LogP contribution in [0.5, 0.6) is 5.88 Å². The third-order valence-corrected chi connectivity index (χ3v) is 6.97. The molecule has 0 unspecified atom stereocenters. The summed E-state index contributed by atoms with van der Waals surface area (Å²) in [5, 5.41) is 0.788. The Morgan fingerprint density at radius 3 is 2.22 bits per heavy atom. The summed E-state index contributed by atoms with van der Waals surface area (Å²) in [6.07, 6.45) is 0. The zero-order valence-corrected chi connectivity index (χ0v) is 19.0. The van der Waals surface area contributed by atoms with E-state index in [-0.39, 0.29) is 12.5 Å². The Morgan fingerprint density at radius 2 is 1.62 bits per heavy atom. The van der Waals surface area contributed by atoms with E-state index in [4.69, 9.17) is 9.47 Å². The highest BCUT2D eigenvalue weighted by Crippen LogP contribution is 2.38. The molecule has 32 heavy (non-hydrogen) atoms. The first-order valence-electron chi connectivity index (χ1n) is 10.4. The van der Waals surface area contributed by atoms with Crippen molar-refractivity contribution < 1.29 is 14.3 Å². The number of methoxy groups -OCH3 is 2. The zero-order chi connectivity index (χ0) is 22.2. The van der Waals surface area contributed by atoms with Gasteiger partial charge in [0, 0.05) is 20.2 Å². The van der Waals surface area contributed by atoms with Gasteiger partial charge >= 0.3 is 0 Å². The fourth-order valence-electron chi connectivity index (χ4n) is 4.29. The number of aryl methyl sites for hydroxylation is 1. The van der Waals surface area contributed by atoms with E-state index in [1.54, 1.807) is 14.2 Å². The van der Waals surface area contributed by atoms with Crippen molar-refractivity contribution >= 4 is 27.5 Å². The smallest absolute Gasteiger partial charge is 0.264 e. The highest BCUT2D eigenvalue weighted by atomic mass is 32.1. The van der Waals surface area contributed by atoms with Crippen molar-refractivity contribution in [2.24, 2.45) is 0 Å². The fraction of sp³-hybridized carbons (Fsp3) is 0.240. The van der Waals surface area contributed by atoms with Crippen LogP contribution in [0, 0.1) is 6.92 Å². The first-order valence-corrected chi connectivity index (χ1v) is 11.2. The molecule has 0 spiro atoms. The van der Waals surface area contributed by atoms with Crippen LogP contribution in [-0.2, 0) is 24.4 Å². The molecule has 162 valence electrons. The third kappa shape index (κ3) is 3.43. The number of benzene rings is 2. The molecule has 0 bridgehead atoms. The van der Waals surface area contributed by atoms with Crippen LogP contribution in [0.1, 0.15) is 32.2 Å². The van der Waals surface area contributed by atoms with E-state index in [9.17, 15) is 4.79 Å². The molecule has 0 fully saturated rings. The summed E-state index contributed by atoms with van der Waals surface area (Å²) < 4.78 is 10.7. The van der Waals surface area contributed by atoms with Gasteiger partial charge in [0.1, 0.15) is 11.4 Å². The van der Waals surface area contributed by atoms with Crippen LogP contribution in [0.3, 0.4) is 0 Å². The minimum absolute atomic E-state index is 0.00708. The molecular formula is C25H23N3O3S. The van der Waals surface area contributed by atoms with E-state index in [1.165, 1.54) is 22.5 Å². The Balaban J connectivity index is 1.59. The standard InChI is InChI=1S/C25H23N3O3S/c1-15-21-23(31-3)26-20(14-30-2)27-24(21)32-22(15)25(29)28-12-16-8-4-6-10-18(16)19-11-7-5-9-17(19)13-28/h4-11H,12-14H2,1-3H3. The van der Waals surface area contributed by atoms with Gasteiger partial charge in [0.15, 0.2) is 5.82 Å². The maximum Gasteiger partial charge on any atom is 0.264 e. The number of rotatable bonds is 4. The highest BCUT2D eigenvalue weighted by Gasteiger charge is 2.28. The molecule has 2 aromatic carbocycles. The monoisotopic (exact) mass is 445 g/mol. The molecule has 5 rings (SSSR count). The number of hydrogen-bond acceptors (Lipinski definition) is 6. The first-order chi connectivity index (χ1) is 15.6. The molecule has 0 saturated carbocycles. The average molecular weight is 446 g/mol. The number of aromatic nitrogens is 2.